The highest BCUT2D eigenvalue weighted by Crippen LogP contribution is 2.18. The first kappa shape index (κ1) is 15.6. The molecule has 1 heterocycles. The lowest BCUT2D eigenvalue weighted by Crippen LogP contribution is -2.31. The molecule has 0 bridgehead atoms. The fraction of sp³-hybridized carbons (Fsp3) is 0.316. The van der Waals surface area contributed by atoms with Gasteiger partial charge in [-0.3, -0.25) is 4.79 Å². The number of nitrogens with zero attached hydrogens (tertiary/aromatic N) is 1. The highest BCUT2D eigenvalue weighted by molar-refractivity contribution is 5.94. The Labute approximate surface area is 137 Å². The molecule has 0 aliphatic carbocycles. The van der Waals surface area contributed by atoms with Gasteiger partial charge in [-0.15, -0.1) is 0 Å². The van der Waals surface area contributed by atoms with Gasteiger partial charge >= 0.3 is 0 Å². The number of hydrogen-bond acceptors (Lipinski definition) is 3. The molecule has 4 nitrogen and oxygen atoms in total. The maximum atomic E-state index is 12.5. The Kier molecular flexibility index (Phi) is 4.63. The molecule has 3 rings (SSSR count). The summed E-state index contributed by atoms with van der Waals surface area (Å²) in [4.78, 5) is 14.2. The smallest absolute Gasteiger partial charge is 0.253 e. The number of hydrogen-bond donors (Lipinski definition) is 1. The van der Waals surface area contributed by atoms with Crippen LogP contribution in [0.1, 0.15) is 27.0 Å². The van der Waals surface area contributed by atoms with Crippen molar-refractivity contribution < 1.29 is 9.53 Å². The Bertz CT molecular complexity index is 712. The lowest BCUT2D eigenvalue weighted by molar-refractivity contribution is 0.0773. The Balaban J connectivity index is 1.56. The molecule has 1 aliphatic rings. The van der Waals surface area contributed by atoms with Crippen molar-refractivity contribution in [2.75, 3.05) is 20.2 Å². The highest BCUT2D eigenvalue weighted by Gasteiger charge is 2.16. The fourth-order valence-corrected chi connectivity index (χ4v) is 2.76. The first-order valence-electron chi connectivity index (χ1n) is 7.91. The summed E-state index contributed by atoms with van der Waals surface area (Å²) in [7, 11) is 1.81. The van der Waals surface area contributed by atoms with Crippen molar-refractivity contribution in [3.63, 3.8) is 0 Å². The molecule has 0 unspecified atom stereocenters. The van der Waals surface area contributed by atoms with Gasteiger partial charge in [0.15, 0.2) is 0 Å². The maximum Gasteiger partial charge on any atom is 0.253 e. The van der Waals surface area contributed by atoms with Gasteiger partial charge in [0.05, 0.1) is 6.54 Å². The number of likely N-dealkylation sites (N-methyl/N-ethyl adjacent to an activating group) is 1. The summed E-state index contributed by atoms with van der Waals surface area (Å²) in [6.45, 7) is 4.80. The summed E-state index contributed by atoms with van der Waals surface area (Å²) in [5.74, 6) is 0.907. The molecule has 1 N–H and O–H groups in total. The molecular weight excluding hydrogens is 288 g/mol. The third kappa shape index (κ3) is 3.54. The lowest BCUT2D eigenvalue weighted by atomic mass is 10.1. The van der Waals surface area contributed by atoms with Crippen molar-refractivity contribution in [2.45, 2.75) is 20.0 Å². The maximum absolute atomic E-state index is 12.5. The number of benzene rings is 2. The molecule has 1 amide bonds. The average Bonchev–Trinajstić information content (AvgIpc) is 3.03. The number of rotatable bonds is 5. The molecule has 0 spiro atoms. The zero-order chi connectivity index (χ0) is 16.2. The first-order valence-corrected chi connectivity index (χ1v) is 7.91. The normalized spacial score (nSPS) is 12.8. The second-order valence-corrected chi connectivity index (χ2v) is 5.93. The fourth-order valence-electron chi connectivity index (χ4n) is 2.76. The van der Waals surface area contributed by atoms with E-state index in [1.54, 1.807) is 4.90 Å². The monoisotopic (exact) mass is 310 g/mol. The van der Waals surface area contributed by atoms with Crippen LogP contribution < -0.4 is 10.1 Å². The van der Waals surface area contributed by atoms with E-state index in [2.05, 4.69) is 5.32 Å². The Hall–Kier alpha value is -2.33. The summed E-state index contributed by atoms with van der Waals surface area (Å²) in [6, 6.07) is 13.9. The molecule has 0 saturated heterocycles. The number of fused-ring (bicyclic) bond motifs is 1. The minimum absolute atomic E-state index is 0.0353. The van der Waals surface area contributed by atoms with Crippen LogP contribution in [0.5, 0.6) is 5.75 Å². The predicted molar refractivity (Wildman–Crippen MR) is 90.6 cm³/mol. The number of ether oxygens (including phenoxy) is 1. The highest BCUT2D eigenvalue weighted by atomic mass is 16.5. The molecule has 2 aromatic rings. The molecule has 1 aliphatic heterocycles. The molecule has 120 valence electrons. The number of amides is 1. The van der Waals surface area contributed by atoms with E-state index in [-0.39, 0.29) is 5.91 Å². The van der Waals surface area contributed by atoms with E-state index in [9.17, 15) is 4.79 Å². The molecular formula is C19H22N2O2. The topological polar surface area (TPSA) is 41.6 Å². The summed E-state index contributed by atoms with van der Waals surface area (Å²) in [6.07, 6.45) is 0. The van der Waals surface area contributed by atoms with Gasteiger partial charge < -0.3 is 15.0 Å². The van der Waals surface area contributed by atoms with Crippen molar-refractivity contribution in [3.05, 3.63) is 64.7 Å². The standard InChI is InChI=1S/C19H22N2O2/c1-14-5-3-4-6-18(14)23-10-9-21(2)19(22)15-7-8-16-12-20-13-17(16)11-15/h3-8,11,20H,9-10,12-13H2,1-2H3. The third-order valence-corrected chi connectivity index (χ3v) is 4.21. The summed E-state index contributed by atoms with van der Waals surface area (Å²) < 4.78 is 5.76. The van der Waals surface area contributed by atoms with Gasteiger partial charge in [0.25, 0.3) is 5.91 Å². The number of carbonyl (C=O) groups is 1. The van der Waals surface area contributed by atoms with Crippen LogP contribution in [0.15, 0.2) is 42.5 Å². The van der Waals surface area contributed by atoms with E-state index in [0.717, 1.165) is 30.0 Å². The van der Waals surface area contributed by atoms with Crippen LogP contribution in [0.2, 0.25) is 0 Å². The van der Waals surface area contributed by atoms with Crippen LogP contribution in [0, 0.1) is 6.92 Å². The van der Waals surface area contributed by atoms with Crippen molar-refractivity contribution in [2.24, 2.45) is 0 Å². The van der Waals surface area contributed by atoms with Crippen LogP contribution in [0.3, 0.4) is 0 Å². The van der Waals surface area contributed by atoms with E-state index in [1.807, 2.05) is 56.4 Å². The number of carbonyl (C=O) groups excluding carboxylic acids is 1. The summed E-state index contributed by atoms with van der Waals surface area (Å²) >= 11 is 0. The third-order valence-electron chi connectivity index (χ3n) is 4.21. The lowest BCUT2D eigenvalue weighted by Gasteiger charge is -2.18. The average molecular weight is 310 g/mol. The number of para-hydroxylation sites is 1. The second kappa shape index (κ2) is 6.84. The van der Waals surface area contributed by atoms with Crippen LogP contribution in [-0.2, 0) is 13.1 Å². The van der Waals surface area contributed by atoms with Gasteiger partial charge in [-0.1, -0.05) is 24.3 Å². The number of aryl methyl sites for hydroxylation is 1. The van der Waals surface area contributed by atoms with E-state index < -0.39 is 0 Å². The molecule has 0 aromatic heterocycles. The zero-order valence-corrected chi connectivity index (χ0v) is 13.6. The van der Waals surface area contributed by atoms with E-state index in [1.165, 1.54) is 11.1 Å². The van der Waals surface area contributed by atoms with Crippen molar-refractivity contribution in [3.8, 4) is 5.75 Å². The van der Waals surface area contributed by atoms with E-state index in [0.29, 0.717) is 13.2 Å². The molecule has 23 heavy (non-hydrogen) atoms. The van der Waals surface area contributed by atoms with Gasteiger partial charge in [0.2, 0.25) is 0 Å². The molecule has 0 radical (unpaired) electrons. The Morgan fingerprint density at radius 3 is 2.78 bits per heavy atom. The minimum atomic E-state index is 0.0353. The molecule has 2 aromatic carbocycles. The van der Waals surface area contributed by atoms with Crippen LogP contribution in [-0.4, -0.2) is 31.0 Å². The number of nitrogens with one attached hydrogen (secondary N) is 1. The summed E-state index contributed by atoms with van der Waals surface area (Å²) in [5.41, 5.74) is 4.35. The Morgan fingerprint density at radius 2 is 1.96 bits per heavy atom. The van der Waals surface area contributed by atoms with Crippen molar-refractivity contribution >= 4 is 5.91 Å². The molecule has 0 saturated carbocycles. The largest absolute Gasteiger partial charge is 0.491 e. The SMILES string of the molecule is Cc1ccccc1OCCN(C)C(=O)c1ccc2c(c1)CNC2. The van der Waals surface area contributed by atoms with Crippen LogP contribution in [0.4, 0.5) is 0 Å². The van der Waals surface area contributed by atoms with Crippen molar-refractivity contribution in [1.29, 1.82) is 0 Å². The van der Waals surface area contributed by atoms with Crippen molar-refractivity contribution in [1.82, 2.24) is 10.2 Å². The molecule has 0 fully saturated rings. The van der Waals surface area contributed by atoms with Crippen LogP contribution >= 0.6 is 0 Å². The summed E-state index contributed by atoms with van der Waals surface area (Å²) in [5, 5.41) is 3.30. The predicted octanol–water partition coefficient (Wildman–Crippen LogP) is 2.75. The second-order valence-electron chi connectivity index (χ2n) is 5.93. The van der Waals surface area contributed by atoms with Crippen LogP contribution in [0.25, 0.3) is 0 Å². The Morgan fingerprint density at radius 1 is 1.17 bits per heavy atom. The van der Waals surface area contributed by atoms with Gasteiger partial charge in [0.1, 0.15) is 12.4 Å². The van der Waals surface area contributed by atoms with E-state index >= 15 is 0 Å². The molecule has 4 heteroatoms. The minimum Gasteiger partial charge on any atom is -0.491 e. The van der Waals surface area contributed by atoms with Gasteiger partial charge in [0, 0.05) is 25.7 Å². The van der Waals surface area contributed by atoms with E-state index in [4.69, 9.17) is 4.74 Å². The zero-order valence-electron chi connectivity index (χ0n) is 13.6. The van der Waals surface area contributed by atoms with Gasteiger partial charge in [-0.25, -0.2) is 0 Å². The first-order chi connectivity index (χ1) is 11.1. The van der Waals surface area contributed by atoms with Gasteiger partial charge in [-0.2, -0.15) is 0 Å². The quantitative estimate of drug-likeness (QED) is 0.923. The molecule has 0 atom stereocenters. The van der Waals surface area contributed by atoms with Gasteiger partial charge in [-0.05, 0) is 41.8 Å².